The first-order valence-corrected chi connectivity index (χ1v) is 8.86. The predicted octanol–water partition coefficient (Wildman–Crippen LogP) is 1.50. The molecule has 3 atom stereocenters. The topological polar surface area (TPSA) is 65.8 Å². The monoisotopic (exact) mass is 343 g/mol. The first-order chi connectivity index (χ1) is 12.1. The second kappa shape index (κ2) is 7.85. The average Bonchev–Trinajstić information content (AvgIpc) is 3.03. The maximum Gasteiger partial charge on any atom is 0.263 e. The highest BCUT2D eigenvalue weighted by Crippen LogP contribution is 2.24. The average molecular weight is 343 g/mol. The third kappa shape index (κ3) is 4.12. The number of hydrogen-bond acceptors (Lipinski definition) is 5. The summed E-state index contributed by atoms with van der Waals surface area (Å²) < 4.78 is 11.2. The Hall–Kier alpha value is -2.10. The predicted molar refractivity (Wildman–Crippen MR) is 93.2 cm³/mol. The molecule has 0 N–H and O–H groups in total. The zero-order valence-corrected chi connectivity index (χ0v) is 14.9. The van der Waals surface area contributed by atoms with E-state index in [1.54, 1.807) is 31.2 Å². The van der Waals surface area contributed by atoms with Gasteiger partial charge >= 0.3 is 0 Å². The minimum absolute atomic E-state index is 0.00460. The zero-order valence-electron chi connectivity index (χ0n) is 14.9. The van der Waals surface area contributed by atoms with Crippen molar-refractivity contribution in [3.8, 4) is 11.8 Å². The van der Waals surface area contributed by atoms with E-state index in [-0.39, 0.29) is 5.91 Å². The number of benzene rings is 1. The van der Waals surface area contributed by atoms with E-state index in [1.165, 1.54) is 0 Å². The van der Waals surface area contributed by atoms with Crippen molar-refractivity contribution in [3.63, 3.8) is 0 Å². The number of nitriles is 1. The fourth-order valence-corrected chi connectivity index (χ4v) is 3.66. The second-order valence-electron chi connectivity index (χ2n) is 6.84. The molecule has 2 heterocycles. The summed E-state index contributed by atoms with van der Waals surface area (Å²) in [4.78, 5) is 17.1. The van der Waals surface area contributed by atoms with Crippen LogP contribution in [-0.2, 0) is 9.53 Å². The van der Waals surface area contributed by atoms with Gasteiger partial charge < -0.3 is 14.4 Å². The molecule has 0 saturated carbocycles. The van der Waals surface area contributed by atoms with Gasteiger partial charge in [0.15, 0.2) is 6.10 Å². The number of ether oxygens (including phenoxy) is 2. The maximum atomic E-state index is 12.8. The lowest BCUT2D eigenvalue weighted by Crippen LogP contribution is -2.47. The van der Waals surface area contributed by atoms with Crippen molar-refractivity contribution in [2.75, 3.05) is 39.4 Å². The van der Waals surface area contributed by atoms with E-state index in [4.69, 9.17) is 14.7 Å². The highest BCUT2D eigenvalue weighted by Gasteiger charge is 2.38. The first-order valence-electron chi connectivity index (χ1n) is 8.86. The molecule has 1 amide bonds. The molecule has 2 aliphatic heterocycles. The van der Waals surface area contributed by atoms with Gasteiger partial charge in [-0.1, -0.05) is 13.0 Å². The van der Waals surface area contributed by atoms with Crippen LogP contribution in [-0.4, -0.2) is 67.2 Å². The Balaban J connectivity index is 1.59. The number of hydrogen-bond donors (Lipinski definition) is 0. The molecule has 0 radical (unpaired) electrons. The van der Waals surface area contributed by atoms with E-state index in [1.807, 2.05) is 4.90 Å². The summed E-state index contributed by atoms with van der Waals surface area (Å²) in [6.07, 6.45) is -0.565. The summed E-state index contributed by atoms with van der Waals surface area (Å²) in [5.41, 5.74) is 0.527. The molecule has 0 bridgehead atoms. The highest BCUT2D eigenvalue weighted by atomic mass is 16.5. The van der Waals surface area contributed by atoms with E-state index in [9.17, 15) is 4.79 Å². The number of likely N-dealkylation sites (tertiary alicyclic amines) is 1. The van der Waals surface area contributed by atoms with Crippen LogP contribution in [0.1, 0.15) is 19.4 Å². The van der Waals surface area contributed by atoms with Crippen molar-refractivity contribution in [3.05, 3.63) is 29.8 Å². The van der Waals surface area contributed by atoms with Crippen molar-refractivity contribution in [1.82, 2.24) is 9.80 Å². The minimum Gasteiger partial charge on any atom is -0.481 e. The van der Waals surface area contributed by atoms with Crippen molar-refractivity contribution < 1.29 is 14.3 Å². The summed E-state index contributed by atoms with van der Waals surface area (Å²) >= 11 is 0. The number of nitrogens with zero attached hydrogens (tertiary/aromatic N) is 3. The maximum absolute atomic E-state index is 12.8. The van der Waals surface area contributed by atoms with E-state index in [0.717, 1.165) is 39.4 Å². The molecule has 1 aromatic carbocycles. The Morgan fingerprint density at radius 2 is 2.12 bits per heavy atom. The van der Waals surface area contributed by atoms with Gasteiger partial charge in [0, 0.05) is 32.2 Å². The van der Waals surface area contributed by atoms with Crippen LogP contribution in [0.3, 0.4) is 0 Å². The molecule has 2 saturated heterocycles. The number of carbonyl (C=O) groups excluding carboxylic acids is 1. The zero-order chi connectivity index (χ0) is 17.8. The van der Waals surface area contributed by atoms with Crippen LogP contribution in [0.2, 0.25) is 0 Å². The van der Waals surface area contributed by atoms with Crippen molar-refractivity contribution >= 4 is 5.91 Å². The third-order valence-electron chi connectivity index (χ3n) is 5.02. The molecule has 1 aromatic rings. The van der Waals surface area contributed by atoms with E-state index < -0.39 is 6.10 Å². The third-order valence-corrected chi connectivity index (χ3v) is 5.02. The summed E-state index contributed by atoms with van der Waals surface area (Å²) in [5.74, 6) is 0.998. The fourth-order valence-electron chi connectivity index (χ4n) is 3.66. The first kappa shape index (κ1) is 17.7. The van der Waals surface area contributed by atoms with Crippen molar-refractivity contribution in [2.24, 2.45) is 5.92 Å². The number of carbonyl (C=O) groups is 1. The standard InChI is InChI=1S/C19H25N3O3/c1-14-12-22(13-18(14)21-6-8-24-9-7-21)19(23)15(2)25-17-5-3-4-16(10-17)11-20/h3-5,10,14-15,18H,6-9,12-13H2,1-2H3. The molecule has 25 heavy (non-hydrogen) atoms. The molecule has 6 nitrogen and oxygen atoms in total. The minimum atomic E-state index is -0.565. The SMILES string of the molecule is CC(Oc1cccc(C#N)c1)C(=O)N1CC(C)C(N2CCOCC2)C1. The van der Waals surface area contributed by atoms with E-state index in [2.05, 4.69) is 17.9 Å². The molecular weight excluding hydrogens is 318 g/mol. The van der Waals surface area contributed by atoms with Gasteiger partial charge in [-0.05, 0) is 31.0 Å². The van der Waals surface area contributed by atoms with Gasteiger partial charge in [0.2, 0.25) is 0 Å². The Morgan fingerprint density at radius 1 is 1.36 bits per heavy atom. The molecular formula is C19H25N3O3. The Morgan fingerprint density at radius 3 is 2.84 bits per heavy atom. The molecule has 2 aliphatic rings. The molecule has 134 valence electrons. The van der Waals surface area contributed by atoms with Crippen LogP contribution >= 0.6 is 0 Å². The van der Waals surface area contributed by atoms with Gasteiger partial charge in [-0.2, -0.15) is 5.26 Å². The Kier molecular flexibility index (Phi) is 5.57. The van der Waals surface area contributed by atoms with Crippen LogP contribution in [0.5, 0.6) is 5.75 Å². The Bertz CT molecular complexity index is 652. The van der Waals surface area contributed by atoms with E-state index in [0.29, 0.717) is 23.3 Å². The lowest BCUT2D eigenvalue weighted by atomic mass is 10.0. The van der Waals surface area contributed by atoms with E-state index >= 15 is 0 Å². The molecule has 0 aliphatic carbocycles. The van der Waals surface area contributed by atoms with Gasteiger partial charge in [0.25, 0.3) is 5.91 Å². The van der Waals surface area contributed by atoms with Crippen molar-refractivity contribution in [2.45, 2.75) is 26.0 Å². The van der Waals surface area contributed by atoms with Crippen molar-refractivity contribution in [1.29, 1.82) is 5.26 Å². The smallest absolute Gasteiger partial charge is 0.263 e. The van der Waals surface area contributed by atoms with Crippen LogP contribution in [0.15, 0.2) is 24.3 Å². The second-order valence-corrected chi connectivity index (χ2v) is 6.84. The summed E-state index contributed by atoms with van der Waals surface area (Å²) in [7, 11) is 0. The van der Waals surface area contributed by atoms with Crippen LogP contribution < -0.4 is 4.74 Å². The number of amides is 1. The van der Waals surface area contributed by atoms with Gasteiger partial charge in [-0.3, -0.25) is 9.69 Å². The normalized spacial score (nSPS) is 25.4. The number of morpholine rings is 1. The fraction of sp³-hybridized carbons (Fsp3) is 0.579. The van der Waals surface area contributed by atoms with Gasteiger partial charge in [-0.15, -0.1) is 0 Å². The lowest BCUT2D eigenvalue weighted by Gasteiger charge is -2.34. The molecule has 3 rings (SSSR count). The lowest BCUT2D eigenvalue weighted by molar-refractivity contribution is -0.137. The van der Waals surface area contributed by atoms with Crippen LogP contribution in [0.4, 0.5) is 0 Å². The molecule has 6 heteroatoms. The summed E-state index contributed by atoms with van der Waals surface area (Å²) in [5, 5.41) is 8.97. The molecule has 0 aromatic heterocycles. The quantitative estimate of drug-likeness (QED) is 0.829. The van der Waals surface area contributed by atoms with Gasteiger partial charge in [0.05, 0.1) is 24.8 Å². The largest absolute Gasteiger partial charge is 0.481 e. The van der Waals surface area contributed by atoms with Crippen LogP contribution in [0, 0.1) is 17.2 Å². The number of rotatable bonds is 4. The highest BCUT2D eigenvalue weighted by molar-refractivity contribution is 5.81. The van der Waals surface area contributed by atoms with Crippen LogP contribution in [0.25, 0.3) is 0 Å². The summed E-state index contributed by atoms with van der Waals surface area (Å²) in [6, 6.07) is 9.38. The van der Waals surface area contributed by atoms with Gasteiger partial charge in [0.1, 0.15) is 5.75 Å². The summed E-state index contributed by atoms with van der Waals surface area (Å²) in [6.45, 7) is 8.88. The molecule has 2 fully saturated rings. The van der Waals surface area contributed by atoms with Gasteiger partial charge in [-0.25, -0.2) is 0 Å². The Labute approximate surface area is 148 Å². The molecule has 3 unspecified atom stereocenters. The molecule has 0 spiro atoms.